The Balaban J connectivity index is 1.94. The monoisotopic (exact) mass is 435 g/mol. The topological polar surface area (TPSA) is 113 Å². The maximum atomic E-state index is 13.2. The van der Waals surface area contributed by atoms with E-state index in [0.717, 1.165) is 23.2 Å². The predicted octanol–water partition coefficient (Wildman–Crippen LogP) is 2.72. The summed E-state index contributed by atoms with van der Waals surface area (Å²) in [5.74, 6) is -0.327. The number of hydrogen-bond acceptors (Lipinski definition) is 5. The molecular weight excluding hydrogens is 406 g/mol. The molecule has 8 nitrogen and oxygen atoms in total. The fourth-order valence-corrected chi connectivity index (χ4v) is 3.48. The number of amides is 1. The van der Waals surface area contributed by atoms with Crippen LogP contribution in [-0.2, 0) is 11.3 Å². The molecule has 0 aliphatic heterocycles. The summed E-state index contributed by atoms with van der Waals surface area (Å²) in [5.41, 5.74) is 7.73. The van der Waals surface area contributed by atoms with Crippen LogP contribution in [0.2, 0.25) is 0 Å². The number of nitrogens with one attached hydrogen (secondary N) is 2. The lowest BCUT2D eigenvalue weighted by Gasteiger charge is -2.25. The first-order valence-corrected chi connectivity index (χ1v) is 10.7. The number of para-hydroxylation sites is 1. The first kappa shape index (κ1) is 22.9. The quantitative estimate of drug-likeness (QED) is 0.478. The molecule has 0 bridgehead atoms. The molecule has 0 saturated carbocycles. The summed E-state index contributed by atoms with van der Waals surface area (Å²) < 4.78 is 1.28. The van der Waals surface area contributed by atoms with Crippen molar-refractivity contribution in [2.75, 3.05) is 29.0 Å². The third kappa shape index (κ3) is 5.26. The Morgan fingerprint density at radius 2 is 1.78 bits per heavy atom. The number of aryl methyl sites for hydroxylation is 1. The van der Waals surface area contributed by atoms with Crippen molar-refractivity contribution in [3.05, 3.63) is 86.6 Å². The number of anilines is 3. The van der Waals surface area contributed by atoms with Crippen LogP contribution in [-0.4, -0.2) is 28.5 Å². The van der Waals surface area contributed by atoms with E-state index in [1.165, 1.54) is 9.47 Å². The molecule has 0 aliphatic carbocycles. The third-order valence-corrected chi connectivity index (χ3v) is 5.28. The van der Waals surface area contributed by atoms with Crippen molar-refractivity contribution in [1.29, 1.82) is 0 Å². The number of unbranched alkanes of at least 4 members (excludes halogenated alkanes) is 1. The second kappa shape index (κ2) is 10.5. The van der Waals surface area contributed by atoms with Crippen LogP contribution in [0.1, 0.15) is 30.9 Å². The van der Waals surface area contributed by atoms with Crippen molar-refractivity contribution in [3.63, 3.8) is 0 Å². The summed E-state index contributed by atoms with van der Waals surface area (Å²) in [6, 6.07) is 17.0. The molecule has 0 atom stereocenters. The molecular formula is C24H29N5O3. The van der Waals surface area contributed by atoms with Gasteiger partial charge in [0.2, 0.25) is 5.91 Å². The van der Waals surface area contributed by atoms with Gasteiger partial charge in [-0.05, 0) is 30.5 Å². The molecule has 0 saturated heterocycles. The summed E-state index contributed by atoms with van der Waals surface area (Å²) in [5, 5.41) is 3.13. The normalized spacial score (nSPS) is 10.7. The fourth-order valence-electron chi connectivity index (χ4n) is 3.48. The number of nitrogen functional groups attached to an aromatic ring is 1. The molecule has 1 heterocycles. The van der Waals surface area contributed by atoms with Crippen LogP contribution in [0.4, 0.5) is 17.2 Å². The zero-order valence-electron chi connectivity index (χ0n) is 18.4. The lowest BCUT2D eigenvalue weighted by atomic mass is 10.2. The molecule has 8 heteroatoms. The standard InChI is InChI=1S/C24H29N5O3/c1-3-4-14-28(20(30)15-26-19-13-9-8-10-17(19)2)21-22(25)29(24(32)27-23(21)31)16-18-11-6-5-7-12-18/h5-13,26H,3-4,14-16,25H2,1-2H3,(H,27,31,32). The van der Waals surface area contributed by atoms with Gasteiger partial charge in [0.1, 0.15) is 5.82 Å². The molecule has 3 aromatic rings. The largest absolute Gasteiger partial charge is 0.383 e. The van der Waals surface area contributed by atoms with E-state index in [0.29, 0.717) is 13.0 Å². The van der Waals surface area contributed by atoms with Gasteiger partial charge in [-0.25, -0.2) is 4.79 Å². The summed E-state index contributed by atoms with van der Waals surface area (Å²) in [6.45, 7) is 4.45. The molecule has 2 aromatic carbocycles. The van der Waals surface area contributed by atoms with Gasteiger partial charge in [0, 0.05) is 12.2 Å². The van der Waals surface area contributed by atoms with Gasteiger partial charge in [0.15, 0.2) is 5.69 Å². The number of rotatable bonds is 9. The van der Waals surface area contributed by atoms with E-state index in [4.69, 9.17) is 5.73 Å². The van der Waals surface area contributed by atoms with Crippen molar-refractivity contribution in [3.8, 4) is 0 Å². The second-order valence-electron chi connectivity index (χ2n) is 7.63. The van der Waals surface area contributed by atoms with E-state index in [1.54, 1.807) is 0 Å². The Morgan fingerprint density at radius 1 is 1.09 bits per heavy atom. The molecule has 1 amide bonds. The molecule has 0 fully saturated rings. The van der Waals surface area contributed by atoms with Crippen molar-refractivity contribution in [2.45, 2.75) is 33.2 Å². The smallest absolute Gasteiger partial charge is 0.330 e. The number of benzene rings is 2. The van der Waals surface area contributed by atoms with Gasteiger partial charge < -0.3 is 16.0 Å². The molecule has 0 spiro atoms. The molecule has 168 valence electrons. The Morgan fingerprint density at radius 3 is 2.47 bits per heavy atom. The number of hydrogen-bond donors (Lipinski definition) is 3. The SMILES string of the molecule is CCCCN(C(=O)CNc1ccccc1C)c1c(N)n(Cc2ccccc2)c(=O)[nH]c1=O. The van der Waals surface area contributed by atoms with E-state index >= 15 is 0 Å². The van der Waals surface area contributed by atoms with E-state index < -0.39 is 11.2 Å². The summed E-state index contributed by atoms with van der Waals surface area (Å²) in [7, 11) is 0. The molecule has 4 N–H and O–H groups in total. The van der Waals surface area contributed by atoms with Gasteiger partial charge in [0.25, 0.3) is 5.56 Å². The fraction of sp³-hybridized carbons (Fsp3) is 0.292. The Kier molecular flexibility index (Phi) is 7.49. The number of H-pyrrole nitrogens is 1. The van der Waals surface area contributed by atoms with Crippen LogP contribution in [0.25, 0.3) is 0 Å². The van der Waals surface area contributed by atoms with Crippen LogP contribution >= 0.6 is 0 Å². The van der Waals surface area contributed by atoms with Crippen LogP contribution < -0.4 is 27.2 Å². The molecule has 0 aliphatic rings. The van der Waals surface area contributed by atoms with Crippen molar-refractivity contribution in [2.24, 2.45) is 0 Å². The van der Waals surface area contributed by atoms with Gasteiger partial charge in [-0.15, -0.1) is 0 Å². The number of nitrogens with zero attached hydrogens (tertiary/aromatic N) is 2. The average molecular weight is 436 g/mol. The number of carbonyl (C=O) groups excluding carboxylic acids is 1. The van der Waals surface area contributed by atoms with Gasteiger partial charge in [0.05, 0.1) is 13.1 Å². The van der Waals surface area contributed by atoms with Crippen LogP contribution in [0, 0.1) is 6.92 Å². The maximum absolute atomic E-state index is 13.2. The van der Waals surface area contributed by atoms with Gasteiger partial charge in [-0.3, -0.25) is 19.1 Å². The molecule has 3 rings (SSSR count). The molecule has 32 heavy (non-hydrogen) atoms. The van der Waals surface area contributed by atoms with Gasteiger partial charge in [-0.2, -0.15) is 0 Å². The molecule has 0 radical (unpaired) electrons. The summed E-state index contributed by atoms with van der Waals surface area (Å²) in [6.07, 6.45) is 1.52. The zero-order chi connectivity index (χ0) is 23.1. The van der Waals surface area contributed by atoms with E-state index in [1.807, 2.05) is 68.4 Å². The zero-order valence-corrected chi connectivity index (χ0v) is 18.4. The highest BCUT2D eigenvalue weighted by Crippen LogP contribution is 2.19. The minimum atomic E-state index is -0.669. The molecule has 0 unspecified atom stereocenters. The van der Waals surface area contributed by atoms with Crippen LogP contribution in [0.15, 0.2) is 64.2 Å². The molecule has 1 aromatic heterocycles. The highest BCUT2D eigenvalue weighted by atomic mass is 16.2. The number of aromatic amines is 1. The lowest BCUT2D eigenvalue weighted by Crippen LogP contribution is -2.43. The maximum Gasteiger partial charge on any atom is 0.330 e. The second-order valence-corrected chi connectivity index (χ2v) is 7.63. The number of carbonyl (C=O) groups is 1. The number of aromatic nitrogens is 2. The first-order chi connectivity index (χ1) is 15.4. The highest BCUT2D eigenvalue weighted by molar-refractivity contribution is 5.98. The summed E-state index contributed by atoms with van der Waals surface area (Å²) >= 11 is 0. The van der Waals surface area contributed by atoms with E-state index in [-0.39, 0.29) is 30.5 Å². The average Bonchev–Trinajstić information content (AvgIpc) is 2.78. The minimum Gasteiger partial charge on any atom is -0.383 e. The third-order valence-electron chi connectivity index (χ3n) is 5.28. The predicted molar refractivity (Wildman–Crippen MR) is 128 cm³/mol. The lowest BCUT2D eigenvalue weighted by molar-refractivity contribution is -0.117. The van der Waals surface area contributed by atoms with Crippen LogP contribution in [0.3, 0.4) is 0 Å². The highest BCUT2D eigenvalue weighted by Gasteiger charge is 2.24. The Labute approximate surface area is 186 Å². The Hall–Kier alpha value is -3.81. The minimum absolute atomic E-state index is 0.00515. The Bertz CT molecular complexity index is 1180. The van der Waals surface area contributed by atoms with E-state index in [2.05, 4.69) is 10.3 Å². The first-order valence-electron chi connectivity index (χ1n) is 10.7. The van der Waals surface area contributed by atoms with Gasteiger partial charge >= 0.3 is 5.69 Å². The van der Waals surface area contributed by atoms with Crippen molar-refractivity contribution in [1.82, 2.24) is 9.55 Å². The van der Waals surface area contributed by atoms with Crippen LogP contribution in [0.5, 0.6) is 0 Å². The summed E-state index contributed by atoms with van der Waals surface area (Å²) in [4.78, 5) is 42.1. The number of nitrogens with two attached hydrogens (primary N) is 1. The van der Waals surface area contributed by atoms with Crippen molar-refractivity contribution >= 4 is 23.1 Å². The van der Waals surface area contributed by atoms with Crippen molar-refractivity contribution < 1.29 is 4.79 Å². The van der Waals surface area contributed by atoms with E-state index in [9.17, 15) is 14.4 Å². The van der Waals surface area contributed by atoms with Gasteiger partial charge in [-0.1, -0.05) is 61.9 Å².